The summed E-state index contributed by atoms with van der Waals surface area (Å²) in [6, 6.07) is 20.5. The third-order valence-electron chi connectivity index (χ3n) is 7.58. The summed E-state index contributed by atoms with van der Waals surface area (Å²) in [5.74, 6) is 1.46. The molecule has 5 aromatic rings. The quantitative estimate of drug-likeness (QED) is 0.158. The van der Waals surface area contributed by atoms with E-state index in [9.17, 15) is 16.8 Å². The molecule has 0 saturated carbocycles. The van der Waals surface area contributed by atoms with Crippen LogP contribution in [-0.2, 0) is 26.4 Å². The first-order valence-electron chi connectivity index (χ1n) is 14.2. The maximum absolute atomic E-state index is 13.8. The van der Waals surface area contributed by atoms with E-state index in [-0.39, 0.29) is 30.0 Å². The van der Waals surface area contributed by atoms with Crippen molar-refractivity contribution in [3.8, 4) is 11.5 Å². The molecule has 0 unspecified atom stereocenters. The van der Waals surface area contributed by atoms with E-state index in [1.54, 1.807) is 66.9 Å². The molecule has 0 aliphatic rings. The molecule has 2 heterocycles. The van der Waals surface area contributed by atoms with Gasteiger partial charge in [0.1, 0.15) is 23.3 Å². The van der Waals surface area contributed by atoms with E-state index >= 15 is 0 Å². The summed E-state index contributed by atoms with van der Waals surface area (Å²) in [5, 5.41) is 4.17. The number of aryl methyl sites for hydroxylation is 1. The number of benzene rings is 3. The highest BCUT2D eigenvalue weighted by atomic mass is 35.5. The van der Waals surface area contributed by atoms with Crippen molar-refractivity contribution in [2.24, 2.45) is 0 Å². The van der Waals surface area contributed by atoms with Gasteiger partial charge in [-0.05, 0) is 75.4 Å². The molecule has 5 rings (SSSR count). The van der Waals surface area contributed by atoms with Crippen LogP contribution in [0.2, 0.25) is 10.0 Å². The van der Waals surface area contributed by atoms with Crippen molar-refractivity contribution in [2.45, 2.75) is 37.0 Å². The third kappa shape index (κ3) is 8.23. The second-order valence-electron chi connectivity index (χ2n) is 11.5. The van der Waals surface area contributed by atoms with Gasteiger partial charge in [0.05, 0.1) is 20.2 Å². The SMILES string of the molecule is Cc1ccc(S(=O)(=O)N(CCn2ccc3ncnc(Nc4ccc(Oc5cccc(Cl)c5)c(Cl)c4)c32)CC(C)(C)S(C)(=O)=O)cc1.O. The number of rotatable bonds is 12. The lowest BCUT2D eigenvalue weighted by molar-refractivity contribution is 0.361. The predicted octanol–water partition coefficient (Wildman–Crippen LogP) is 6.27. The van der Waals surface area contributed by atoms with Crippen molar-refractivity contribution in [1.29, 1.82) is 0 Å². The molecule has 0 radical (unpaired) electrons. The second-order valence-corrected chi connectivity index (χ2v) is 16.9. The van der Waals surface area contributed by atoms with Crippen LogP contribution < -0.4 is 10.1 Å². The second kappa shape index (κ2) is 14.2. The van der Waals surface area contributed by atoms with Gasteiger partial charge >= 0.3 is 0 Å². The van der Waals surface area contributed by atoms with Gasteiger partial charge in [-0.1, -0.05) is 47.0 Å². The first kappa shape index (κ1) is 36.1. The van der Waals surface area contributed by atoms with Gasteiger partial charge in [-0.15, -0.1) is 0 Å². The van der Waals surface area contributed by atoms with Gasteiger partial charge in [0, 0.05) is 42.8 Å². The molecule has 11 nitrogen and oxygen atoms in total. The van der Waals surface area contributed by atoms with Gasteiger partial charge in [-0.3, -0.25) is 0 Å². The minimum Gasteiger partial charge on any atom is -0.456 e. The van der Waals surface area contributed by atoms with Crippen LogP contribution >= 0.6 is 23.2 Å². The number of nitrogens with one attached hydrogen (secondary N) is 1. The molecule has 250 valence electrons. The molecule has 0 bridgehead atoms. The fourth-order valence-electron chi connectivity index (χ4n) is 4.67. The Kier molecular flexibility index (Phi) is 10.9. The standard InChI is InChI=1S/C32H33Cl2N5O5S2.H2O/c1-22-8-11-26(12-9-22)46(42,43)39(20-32(2,3)45(4,40)41)17-16-38-15-14-28-30(38)31(36-21-35-28)37-24-10-13-29(27(34)19-24)44-25-7-5-6-23(33)18-25;/h5-15,18-19,21H,16-17,20H2,1-4H3,(H,35,36,37);1H2. The Bertz CT molecular complexity index is 2100. The van der Waals surface area contributed by atoms with E-state index < -0.39 is 24.6 Å². The lowest BCUT2D eigenvalue weighted by atomic mass is 10.2. The average molecular weight is 721 g/mol. The van der Waals surface area contributed by atoms with E-state index in [0.29, 0.717) is 44.1 Å². The number of ether oxygens (including phenoxy) is 1. The van der Waals surface area contributed by atoms with Gasteiger partial charge in [0.2, 0.25) is 10.0 Å². The molecule has 3 aromatic carbocycles. The number of anilines is 2. The monoisotopic (exact) mass is 719 g/mol. The molecule has 0 aliphatic carbocycles. The zero-order chi connectivity index (χ0) is 33.3. The van der Waals surface area contributed by atoms with Gasteiger partial charge < -0.3 is 20.1 Å². The van der Waals surface area contributed by atoms with Crippen LogP contribution in [0.4, 0.5) is 11.5 Å². The number of sulfone groups is 1. The van der Waals surface area contributed by atoms with Crippen LogP contribution in [0.1, 0.15) is 19.4 Å². The minimum atomic E-state index is -4.04. The van der Waals surface area contributed by atoms with Crippen molar-refractivity contribution in [3.63, 3.8) is 0 Å². The lowest BCUT2D eigenvalue weighted by Gasteiger charge is -2.31. The summed E-state index contributed by atoms with van der Waals surface area (Å²) in [4.78, 5) is 8.91. The van der Waals surface area contributed by atoms with E-state index in [0.717, 1.165) is 11.8 Å². The van der Waals surface area contributed by atoms with E-state index in [1.165, 1.54) is 36.6 Å². The van der Waals surface area contributed by atoms with Gasteiger partial charge in [0.25, 0.3) is 0 Å². The Balaban J connectivity index is 0.00000500. The number of hydrogen-bond acceptors (Lipinski definition) is 8. The van der Waals surface area contributed by atoms with Gasteiger partial charge in [-0.2, -0.15) is 4.31 Å². The number of halogens is 2. The van der Waals surface area contributed by atoms with Crippen molar-refractivity contribution in [2.75, 3.05) is 24.7 Å². The highest BCUT2D eigenvalue weighted by Crippen LogP contribution is 2.34. The molecule has 47 heavy (non-hydrogen) atoms. The van der Waals surface area contributed by atoms with Crippen molar-refractivity contribution in [1.82, 2.24) is 18.8 Å². The molecule has 0 atom stereocenters. The summed E-state index contributed by atoms with van der Waals surface area (Å²) in [5.41, 5.74) is 2.81. The molecule has 2 aromatic heterocycles. The highest BCUT2D eigenvalue weighted by Gasteiger charge is 2.37. The third-order valence-corrected chi connectivity index (χ3v) is 12.1. The highest BCUT2D eigenvalue weighted by molar-refractivity contribution is 7.92. The molecule has 0 amide bonds. The van der Waals surface area contributed by atoms with Crippen LogP contribution in [0, 0.1) is 6.92 Å². The topological polar surface area (TPSA) is 155 Å². The molecule has 0 saturated heterocycles. The van der Waals surface area contributed by atoms with Crippen LogP contribution in [-0.4, -0.2) is 65.2 Å². The Labute approximate surface area is 284 Å². The number of fused-ring (bicyclic) bond motifs is 1. The Morgan fingerprint density at radius 1 is 0.957 bits per heavy atom. The Hall–Kier alpha value is -3.72. The first-order chi connectivity index (χ1) is 21.6. The molecule has 0 spiro atoms. The van der Waals surface area contributed by atoms with Crippen LogP contribution in [0.25, 0.3) is 11.0 Å². The fourth-order valence-corrected chi connectivity index (χ4v) is 7.14. The summed E-state index contributed by atoms with van der Waals surface area (Å²) >= 11 is 12.6. The molecule has 15 heteroatoms. The summed E-state index contributed by atoms with van der Waals surface area (Å²) in [6.45, 7) is 4.88. The van der Waals surface area contributed by atoms with Crippen molar-refractivity contribution in [3.05, 3.63) is 101 Å². The summed E-state index contributed by atoms with van der Waals surface area (Å²) in [7, 11) is -7.63. The molecular formula is C32H35Cl2N5O6S2. The number of aromatic nitrogens is 3. The molecule has 0 aliphatic heterocycles. The van der Waals surface area contributed by atoms with E-state index in [2.05, 4.69) is 15.3 Å². The zero-order valence-corrected chi connectivity index (χ0v) is 29.3. The molecule has 3 N–H and O–H groups in total. The summed E-state index contributed by atoms with van der Waals surface area (Å²) < 4.78 is 60.5. The van der Waals surface area contributed by atoms with Crippen LogP contribution in [0.3, 0.4) is 0 Å². The fraction of sp³-hybridized carbons (Fsp3) is 0.250. The Morgan fingerprint density at radius 2 is 1.68 bits per heavy atom. The van der Waals surface area contributed by atoms with Gasteiger partial charge in [-0.25, -0.2) is 26.8 Å². The number of nitrogens with zero attached hydrogens (tertiary/aromatic N) is 4. The van der Waals surface area contributed by atoms with Crippen molar-refractivity contribution >= 4 is 65.6 Å². The van der Waals surface area contributed by atoms with E-state index in [1.807, 2.05) is 11.5 Å². The van der Waals surface area contributed by atoms with Crippen molar-refractivity contribution < 1.29 is 27.0 Å². The Morgan fingerprint density at radius 3 is 2.34 bits per heavy atom. The maximum Gasteiger partial charge on any atom is 0.243 e. The van der Waals surface area contributed by atoms with Crippen LogP contribution in [0.15, 0.2) is 90.2 Å². The maximum atomic E-state index is 13.8. The first-order valence-corrected chi connectivity index (χ1v) is 18.3. The van der Waals surface area contributed by atoms with Crippen LogP contribution in [0.5, 0.6) is 11.5 Å². The number of sulfonamides is 1. The smallest absolute Gasteiger partial charge is 0.243 e. The lowest BCUT2D eigenvalue weighted by Crippen LogP contribution is -2.47. The van der Waals surface area contributed by atoms with E-state index in [4.69, 9.17) is 27.9 Å². The predicted molar refractivity (Wildman–Crippen MR) is 186 cm³/mol. The molecular weight excluding hydrogens is 685 g/mol. The largest absolute Gasteiger partial charge is 0.456 e. The van der Waals surface area contributed by atoms with Gasteiger partial charge in [0.15, 0.2) is 15.7 Å². The summed E-state index contributed by atoms with van der Waals surface area (Å²) in [6.07, 6.45) is 4.33. The molecule has 0 fully saturated rings. The average Bonchev–Trinajstić information content (AvgIpc) is 3.40. The normalized spacial score (nSPS) is 12.2. The zero-order valence-electron chi connectivity index (χ0n) is 26.1. The number of hydrogen-bond donors (Lipinski definition) is 1. The minimum absolute atomic E-state index is 0.